The van der Waals surface area contributed by atoms with Crippen LogP contribution < -0.4 is 0 Å². The molecule has 40 heavy (non-hydrogen) atoms. The Labute approximate surface area is 253 Å². The fourth-order valence-corrected chi connectivity index (χ4v) is 4.37. The molecule has 1 fully saturated rings. The molecule has 3 aliphatic heterocycles. The SMILES string of the molecule is Cc1cc2c(O)c(c1)CN1CCN(CC1)Cc1cc(C)cc(c1O)C=NCCCN=C2.O=S(=O)([O-])[O-].[O]=[V].[O]=[V]. The summed E-state index contributed by atoms with van der Waals surface area (Å²) >= 11 is 2.12. The first-order chi connectivity index (χ1) is 19.0. The van der Waals surface area contributed by atoms with Crippen molar-refractivity contribution in [3.05, 3.63) is 57.6 Å². The summed E-state index contributed by atoms with van der Waals surface area (Å²) < 4.78 is 50.5. The molecule has 0 saturated carbocycles. The van der Waals surface area contributed by atoms with Crippen molar-refractivity contribution in [2.45, 2.75) is 33.4 Å². The molecule has 218 valence electrons. The molecule has 0 atom stereocenters. The Balaban J connectivity index is 0.000000789. The van der Waals surface area contributed by atoms with E-state index in [0.717, 1.165) is 114 Å². The second kappa shape index (κ2) is 18.4. The van der Waals surface area contributed by atoms with Gasteiger partial charge < -0.3 is 19.3 Å². The van der Waals surface area contributed by atoms with E-state index in [9.17, 15) is 10.2 Å². The number of aromatic hydroxyl groups is 2. The number of piperazine rings is 1. The molecular formula is C25H32N4O8SV2-2. The Morgan fingerprint density at radius 3 is 1.38 bits per heavy atom. The molecule has 3 aliphatic rings. The maximum absolute atomic E-state index is 10.8. The van der Waals surface area contributed by atoms with Crippen molar-refractivity contribution in [2.24, 2.45) is 9.98 Å². The Hall–Kier alpha value is -2.06. The van der Waals surface area contributed by atoms with Crippen LogP contribution in [-0.2, 0) is 65.6 Å². The summed E-state index contributed by atoms with van der Waals surface area (Å²) in [5, 5.41) is 21.6. The van der Waals surface area contributed by atoms with Gasteiger partial charge in [-0.25, -0.2) is 0 Å². The molecule has 0 aromatic heterocycles. The fourth-order valence-electron chi connectivity index (χ4n) is 4.37. The average Bonchev–Trinajstić information content (AvgIpc) is 2.90. The van der Waals surface area contributed by atoms with Crippen LogP contribution in [0.15, 0.2) is 34.3 Å². The van der Waals surface area contributed by atoms with Crippen LogP contribution in [0.5, 0.6) is 11.5 Å². The Morgan fingerprint density at radius 2 is 1.05 bits per heavy atom. The first kappa shape index (κ1) is 36.0. The molecule has 3 heterocycles. The van der Waals surface area contributed by atoms with Gasteiger partial charge >= 0.3 is 42.1 Å². The third-order valence-electron chi connectivity index (χ3n) is 6.01. The molecule has 6 bridgehead atoms. The number of hydrogen-bond acceptors (Lipinski definition) is 12. The van der Waals surface area contributed by atoms with Crippen LogP contribution in [0.25, 0.3) is 0 Å². The van der Waals surface area contributed by atoms with Gasteiger partial charge in [-0.2, -0.15) is 0 Å². The van der Waals surface area contributed by atoms with Gasteiger partial charge in [0.1, 0.15) is 11.5 Å². The van der Waals surface area contributed by atoms with E-state index in [1.165, 1.54) is 0 Å². The predicted octanol–water partition coefficient (Wildman–Crippen LogP) is 1.69. The second-order valence-electron chi connectivity index (χ2n) is 9.11. The molecule has 0 radical (unpaired) electrons. The molecular weight excluding hydrogens is 618 g/mol. The van der Waals surface area contributed by atoms with Crippen LogP contribution in [0.4, 0.5) is 0 Å². The van der Waals surface area contributed by atoms with Crippen molar-refractivity contribution in [1.82, 2.24) is 9.80 Å². The molecule has 5 rings (SSSR count). The first-order valence-corrected chi connectivity index (χ1v) is 14.6. The number of fused-ring (bicyclic) bond motifs is 6. The molecule has 0 aliphatic carbocycles. The molecule has 1 saturated heterocycles. The zero-order valence-electron chi connectivity index (χ0n) is 22.3. The molecule has 2 N–H and O–H groups in total. The molecule has 12 nitrogen and oxygen atoms in total. The van der Waals surface area contributed by atoms with Crippen molar-refractivity contribution in [1.29, 1.82) is 0 Å². The topological polar surface area (TPSA) is 186 Å². The van der Waals surface area contributed by atoms with E-state index in [1.807, 2.05) is 12.1 Å². The van der Waals surface area contributed by atoms with E-state index in [2.05, 4.69) is 45.8 Å². The van der Waals surface area contributed by atoms with Crippen molar-refractivity contribution in [3.8, 4) is 11.5 Å². The maximum atomic E-state index is 10.8. The number of aliphatic imine (C=N–C) groups is 2. The minimum atomic E-state index is -5.17. The molecule has 0 unspecified atom stereocenters. The zero-order valence-corrected chi connectivity index (χ0v) is 25.9. The van der Waals surface area contributed by atoms with Gasteiger partial charge in [0.15, 0.2) is 0 Å². The van der Waals surface area contributed by atoms with E-state index in [1.54, 1.807) is 12.4 Å². The molecule has 15 heteroatoms. The van der Waals surface area contributed by atoms with Crippen LogP contribution in [0.2, 0.25) is 0 Å². The Kier molecular flexibility index (Phi) is 16.5. The monoisotopic (exact) mass is 650 g/mol. The van der Waals surface area contributed by atoms with Gasteiger partial charge in [0, 0.05) is 97.4 Å². The van der Waals surface area contributed by atoms with Gasteiger partial charge in [-0.15, -0.1) is 0 Å². The van der Waals surface area contributed by atoms with Gasteiger partial charge in [0.25, 0.3) is 0 Å². The summed E-state index contributed by atoms with van der Waals surface area (Å²) in [4.78, 5) is 13.8. The van der Waals surface area contributed by atoms with Gasteiger partial charge in [-0.1, -0.05) is 12.1 Å². The van der Waals surface area contributed by atoms with E-state index >= 15 is 0 Å². The summed E-state index contributed by atoms with van der Waals surface area (Å²) in [6.45, 7) is 10.6. The van der Waals surface area contributed by atoms with Gasteiger partial charge in [0.2, 0.25) is 0 Å². The number of nitrogens with zero attached hydrogens (tertiary/aromatic N) is 4. The van der Waals surface area contributed by atoms with E-state index in [0.29, 0.717) is 24.6 Å². The van der Waals surface area contributed by atoms with Crippen molar-refractivity contribution < 1.29 is 69.8 Å². The quantitative estimate of drug-likeness (QED) is 0.314. The number of hydrogen-bond donors (Lipinski definition) is 2. The zero-order chi connectivity index (χ0) is 30.3. The van der Waals surface area contributed by atoms with Gasteiger partial charge in [-0.05, 0) is 43.5 Å². The second-order valence-corrected chi connectivity index (χ2v) is 9.92. The minimum absolute atomic E-state index is 0.337. The van der Waals surface area contributed by atoms with E-state index < -0.39 is 10.4 Å². The Morgan fingerprint density at radius 1 is 0.725 bits per heavy atom. The summed E-state index contributed by atoms with van der Waals surface area (Å²) in [6.07, 6.45) is 4.37. The summed E-state index contributed by atoms with van der Waals surface area (Å²) in [7, 11) is -5.17. The number of aryl methyl sites for hydroxylation is 2. The van der Waals surface area contributed by atoms with Crippen LogP contribution >= 0.6 is 0 Å². The fraction of sp³-hybridized carbons (Fsp3) is 0.440. The van der Waals surface area contributed by atoms with Crippen LogP contribution in [0.1, 0.15) is 39.8 Å². The van der Waals surface area contributed by atoms with Crippen LogP contribution in [-0.4, -0.2) is 89.2 Å². The van der Waals surface area contributed by atoms with E-state index in [-0.39, 0.29) is 0 Å². The molecule has 0 spiro atoms. The van der Waals surface area contributed by atoms with Gasteiger partial charge in [0.05, 0.1) is 0 Å². The standard InChI is InChI=1S/C25H32N4O2.H2O4S.2O.2V/c1-18-10-20-14-26-4-3-5-27-15-21-11-19(2)13-23(25(21)31)17-29-8-6-28(7-9-29)16-22(12-18)24(20)30;1-5(2,3)4;;;;/h10-15,30-31H,3-9,16-17H2,1-2H3;(H2,1,2,3,4);;;;/p-2. The van der Waals surface area contributed by atoms with E-state index in [4.69, 9.17) is 24.9 Å². The van der Waals surface area contributed by atoms with Crippen molar-refractivity contribution >= 4 is 22.8 Å². The number of phenolic OH excluding ortho intramolecular Hbond substituents is 2. The summed E-state index contributed by atoms with van der Waals surface area (Å²) in [5.41, 5.74) is 5.75. The van der Waals surface area contributed by atoms with Crippen LogP contribution in [0, 0.1) is 13.8 Å². The van der Waals surface area contributed by atoms with Gasteiger partial charge in [-0.3, -0.25) is 28.2 Å². The third-order valence-corrected chi connectivity index (χ3v) is 6.01. The van der Waals surface area contributed by atoms with Crippen molar-refractivity contribution in [3.63, 3.8) is 0 Å². The molecule has 2 aromatic carbocycles. The van der Waals surface area contributed by atoms with Crippen molar-refractivity contribution in [2.75, 3.05) is 39.3 Å². The Bertz CT molecular complexity index is 1180. The third kappa shape index (κ3) is 13.1. The number of benzene rings is 2. The number of rotatable bonds is 0. The summed E-state index contributed by atoms with van der Waals surface area (Å²) in [5.74, 6) is 0.674. The van der Waals surface area contributed by atoms with Crippen LogP contribution in [0.3, 0.4) is 0 Å². The summed E-state index contributed by atoms with van der Waals surface area (Å²) in [6, 6.07) is 8.11. The molecule has 2 aromatic rings. The normalized spacial score (nSPS) is 18.6. The first-order valence-electron chi connectivity index (χ1n) is 12.1. The average molecular weight is 651 g/mol. The predicted molar refractivity (Wildman–Crippen MR) is 138 cm³/mol. The molecule has 0 amide bonds. The number of phenols is 2.